The first-order valence-corrected chi connectivity index (χ1v) is 6.99. The van der Waals surface area contributed by atoms with Crippen molar-refractivity contribution in [3.05, 3.63) is 0 Å². The van der Waals surface area contributed by atoms with Gasteiger partial charge in [0.1, 0.15) is 0 Å². The summed E-state index contributed by atoms with van der Waals surface area (Å²) in [5.41, 5.74) is 0. The largest absolute Gasteiger partial charge is 0.296 e. The van der Waals surface area contributed by atoms with Gasteiger partial charge in [0.2, 0.25) is 0 Å². The van der Waals surface area contributed by atoms with Crippen LogP contribution < -0.4 is 0 Å². The molecular formula is C14H24N2. The van der Waals surface area contributed by atoms with E-state index in [4.69, 9.17) is 5.26 Å². The normalized spacial score (nSPS) is 29.4. The first kappa shape index (κ1) is 11.9. The Labute approximate surface area is 99.6 Å². The van der Waals surface area contributed by atoms with E-state index >= 15 is 0 Å². The van der Waals surface area contributed by atoms with Crippen LogP contribution in [0.3, 0.4) is 0 Å². The molecule has 90 valence electrons. The van der Waals surface area contributed by atoms with Gasteiger partial charge in [0.15, 0.2) is 0 Å². The monoisotopic (exact) mass is 220 g/mol. The zero-order valence-corrected chi connectivity index (χ0v) is 10.5. The smallest absolute Gasteiger partial charge is 0.0638 e. The minimum Gasteiger partial charge on any atom is -0.296 e. The van der Waals surface area contributed by atoms with E-state index < -0.39 is 0 Å². The summed E-state index contributed by atoms with van der Waals surface area (Å²) in [5.74, 6) is 0.940. The average molecular weight is 220 g/mol. The minimum absolute atomic E-state index is 0.526. The maximum atomic E-state index is 8.90. The lowest BCUT2D eigenvalue weighted by atomic mass is 9.94. The third-order valence-electron chi connectivity index (χ3n) is 4.55. The molecule has 0 amide bonds. The van der Waals surface area contributed by atoms with Crippen LogP contribution in [0.15, 0.2) is 0 Å². The van der Waals surface area contributed by atoms with Crippen LogP contribution >= 0.6 is 0 Å². The van der Waals surface area contributed by atoms with Crippen molar-refractivity contribution in [3.8, 4) is 6.07 Å². The number of hydrogen-bond donors (Lipinski definition) is 0. The second kappa shape index (κ2) is 5.68. The van der Waals surface area contributed by atoms with Gasteiger partial charge in [-0.15, -0.1) is 0 Å². The highest BCUT2D eigenvalue weighted by Gasteiger charge is 2.35. The van der Waals surface area contributed by atoms with Gasteiger partial charge in [0.05, 0.1) is 12.5 Å². The molecule has 1 saturated carbocycles. The molecule has 2 heteroatoms. The molecule has 1 aliphatic heterocycles. The Morgan fingerprint density at radius 2 is 2.00 bits per heavy atom. The molecule has 2 atom stereocenters. The Morgan fingerprint density at radius 1 is 1.25 bits per heavy atom. The fourth-order valence-electron chi connectivity index (χ4n) is 3.72. The van der Waals surface area contributed by atoms with Gasteiger partial charge in [-0.1, -0.05) is 19.8 Å². The lowest BCUT2D eigenvalue weighted by molar-refractivity contribution is 0.133. The van der Waals surface area contributed by atoms with E-state index in [9.17, 15) is 0 Å². The predicted molar refractivity (Wildman–Crippen MR) is 66.0 cm³/mol. The number of nitrogens with zero attached hydrogens (tertiary/aromatic N) is 2. The Hall–Kier alpha value is -0.550. The number of hydrogen-bond acceptors (Lipinski definition) is 2. The molecule has 0 bridgehead atoms. The zero-order chi connectivity index (χ0) is 11.4. The highest BCUT2D eigenvalue weighted by Crippen LogP contribution is 2.37. The highest BCUT2D eigenvalue weighted by molar-refractivity contribution is 4.93. The van der Waals surface area contributed by atoms with E-state index in [1.165, 1.54) is 45.1 Å². The zero-order valence-electron chi connectivity index (χ0n) is 10.5. The lowest BCUT2D eigenvalue weighted by Gasteiger charge is -2.34. The first-order valence-electron chi connectivity index (χ1n) is 6.99. The maximum absolute atomic E-state index is 8.90. The summed E-state index contributed by atoms with van der Waals surface area (Å²) in [6, 6.07) is 3.70. The fraction of sp³-hybridized carbons (Fsp3) is 0.929. The van der Waals surface area contributed by atoms with E-state index in [0.29, 0.717) is 6.04 Å². The molecule has 1 heterocycles. The number of likely N-dealkylation sites (tertiary alicyclic amines) is 1. The van der Waals surface area contributed by atoms with E-state index in [1.807, 2.05) is 0 Å². The maximum Gasteiger partial charge on any atom is 0.0638 e. The van der Waals surface area contributed by atoms with Crippen molar-refractivity contribution in [2.45, 2.75) is 70.4 Å². The SMILES string of the molecule is CCC(CC#N)N1CCCC1C1CCCC1. The molecule has 2 fully saturated rings. The van der Waals surface area contributed by atoms with Crippen molar-refractivity contribution in [2.24, 2.45) is 5.92 Å². The van der Waals surface area contributed by atoms with Gasteiger partial charge in [0, 0.05) is 12.1 Å². The molecule has 0 spiro atoms. The summed E-state index contributed by atoms with van der Waals surface area (Å²) in [5, 5.41) is 8.90. The summed E-state index contributed by atoms with van der Waals surface area (Å²) in [6.45, 7) is 3.47. The minimum atomic E-state index is 0.526. The van der Waals surface area contributed by atoms with Crippen LogP contribution in [0.1, 0.15) is 58.3 Å². The second-order valence-electron chi connectivity index (χ2n) is 5.42. The molecule has 0 N–H and O–H groups in total. The Kier molecular flexibility index (Phi) is 4.23. The fourth-order valence-corrected chi connectivity index (χ4v) is 3.72. The number of nitriles is 1. The Bertz CT molecular complexity index is 250. The molecule has 0 aromatic rings. The molecular weight excluding hydrogens is 196 g/mol. The van der Waals surface area contributed by atoms with Crippen LogP contribution in [0, 0.1) is 17.2 Å². The van der Waals surface area contributed by atoms with Gasteiger partial charge in [-0.3, -0.25) is 4.90 Å². The predicted octanol–water partition coefficient (Wildman–Crippen LogP) is 3.33. The Balaban J connectivity index is 1.98. The van der Waals surface area contributed by atoms with Crippen LogP contribution in [0.25, 0.3) is 0 Å². The Morgan fingerprint density at radius 3 is 2.62 bits per heavy atom. The van der Waals surface area contributed by atoms with E-state index in [2.05, 4.69) is 17.9 Å². The summed E-state index contributed by atoms with van der Waals surface area (Å²) in [7, 11) is 0. The molecule has 0 aromatic carbocycles. The quantitative estimate of drug-likeness (QED) is 0.726. The third-order valence-corrected chi connectivity index (χ3v) is 4.55. The molecule has 1 aliphatic carbocycles. The van der Waals surface area contributed by atoms with Crippen LogP contribution in [0.5, 0.6) is 0 Å². The van der Waals surface area contributed by atoms with Crippen molar-refractivity contribution >= 4 is 0 Å². The van der Waals surface area contributed by atoms with Gasteiger partial charge in [0.25, 0.3) is 0 Å². The molecule has 1 saturated heterocycles. The summed E-state index contributed by atoms with van der Waals surface area (Å²) >= 11 is 0. The molecule has 2 nitrogen and oxygen atoms in total. The van der Waals surface area contributed by atoms with Crippen LogP contribution in [-0.4, -0.2) is 23.5 Å². The summed E-state index contributed by atoms with van der Waals surface area (Å²) < 4.78 is 0. The van der Waals surface area contributed by atoms with Crippen molar-refractivity contribution in [3.63, 3.8) is 0 Å². The highest BCUT2D eigenvalue weighted by atomic mass is 15.2. The van der Waals surface area contributed by atoms with Gasteiger partial charge in [-0.25, -0.2) is 0 Å². The third kappa shape index (κ3) is 2.40. The van der Waals surface area contributed by atoms with E-state index in [-0.39, 0.29) is 0 Å². The van der Waals surface area contributed by atoms with Gasteiger partial charge in [-0.2, -0.15) is 5.26 Å². The molecule has 0 radical (unpaired) electrons. The molecule has 2 aliphatic rings. The summed E-state index contributed by atoms with van der Waals surface area (Å²) in [6.07, 6.45) is 10.3. The summed E-state index contributed by atoms with van der Waals surface area (Å²) in [4.78, 5) is 2.67. The standard InChI is InChI=1S/C14H24N2/c1-2-13(9-10-15)16-11-5-8-14(16)12-6-3-4-7-12/h12-14H,2-9,11H2,1H3. The van der Waals surface area contributed by atoms with E-state index in [0.717, 1.165) is 24.8 Å². The van der Waals surface area contributed by atoms with Crippen molar-refractivity contribution in [1.29, 1.82) is 5.26 Å². The first-order chi connectivity index (χ1) is 7.86. The molecule has 16 heavy (non-hydrogen) atoms. The van der Waals surface area contributed by atoms with Crippen molar-refractivity contribution < 1.29 is 0 Å². The molecule has 2 unspecified atom stereocenters. The van der Waals surface area contributed by atoms with Crippen LogP contribution in [0.2, 0.25) is 0 Å². The van der Waals surface area contributed by atoms with Gasteiger partial charge in [-0.05, 0) is 44.6 Å². The number of rotatable bonds is 4. The van der Waals surface area contributed by atoms with Crippen LogP contribution in [0.4, 0.5) is 0 Å². The van der Waals surface area contributed by atoms with Crippen LogP contribution in [-0.2, 0) is 0 Å². The van der Waals surface area contributed by atoms with Gasteiger partial charge >= 0.3 is 0 Å². The molecule has 2 rings (SSSR count). The van der Waals surface area contributed by atoms with Gasteiger partial charge < -0.3 is 0 Å². The van der Waals surface area contributed by atoms with E-state index in [1.54, 1.807) is 0 Å². The van der Waals surface area contributed by atoms with Crippen molar-refractivity contribution in [2.75, 3.05) is 6.54 Å². The molecule has 0 aromatic heterocycles. The second-order valence-corrected chi connectivity index (χ2v) is 5.42. The average Bonchev–Trinajstić information content (AvgIpc) is 2.94. The lowest BCUT2D eigenvalue weighted by Crippen LogP contribution is -2.41. The topological polar surface area (TPSA) is 27.0 Å². The van der Waals surface area contributed by atoms with Crippen molar-refractivity contribution in [1.82, 2.24) is 4.90 Å².